The minimum atomic E-state index is -0.324. The number of anilines is 2. The molecule has 0 aliphatic carbocycles. The van der Waals surface area contributed by atoms with Gasteiger partial charge in [0.2, 0.25) is 0 Å². The molecule has 0 saturated carbocycles. The Hall–Kier alpha value is -4.24. The van der Waals surface area contributed by atoms with Gasteiger partial charge in [-0.05, 0) is 50.6 Å². The van der Waals surface area contributed by atoms with Crippen LogP contribution >= 0.6 is 0 Å². The van der Waals surface area contributed by atoms with Crippen LogP contribution in [-0.2, 0) is 22.7 Å². The molecule has 1 aromatic heterocycles. The third-order valence-corrected chi connectivity index (χ3v) is 5.37. The van der Waals surface area contributed by atoms with Crippen LogP contribution in [0.5, 0.6) is 5.75 Å². The molecule has 0 fully saturated rings. The van der Waals surface area contributed by atoms with E-state index in [1.165, 1.54) is 12.4 Å². The van der Waals surface area contributed by atoms with Crippen molar-refractivity contribution in [3.05, 3.63) is 71.6 Å². The van der Waals surface area contributed by atoms with Gasteiger partial charge < -0.3 is 31.3 Å². The fourth-order valence-corrected chi connectivity index (χ4v) is 3.72. The first-order valence-electron chi connectivity index (χ1n) is 11.6. The molecule has 0 bridgehead atoms. The van der Waals surface area contributed by atoms with Crippen LogP contribution in [0, 0.1) is 5.41 Å². The molecule has 9 heteroatoms. The Labute approximate surface area is 210 Å². The van der Waals surface area contributed by atoms with E-state index in [9.17, 15) is 4.79 Å². The number of nitrogens with zero attached hydrogens (tertiary/aromatic N) is 2. The maximum atomic E-state index is 12.1. The fraction of sp³-hybridized carbons (Fsp3) is 0.259. The molecule has 1 amide bonds. The number of amides is 1. The first kappa shape index (κ1) is 24.9. The molecule has 2 heterocycles. The number of hydrogen-bond acceptors (Lipinski definition) is 8. The zero-order chi connectivity index (χ0) is 25.7. The maximum absolute atomic E-state index is 12.1. The normalized spacial score (nSPS) is 13.1. The van der Waals surface area contributed by atoms with Crippen molar-refractivity contribution in [3.8, 4) is 17.1 Å². The average molecular weight is 487 g/mol. The zero-order valence-corrected chi connectivity index (χ0v) is 20.6. The standard InChI is InChI=1S/C27H30N6O3/c1-27(2,3)33-24(34)16-36-21-6-4-5-18(11-21)25-31-23-15-35-14-22(23)26(32-25)30-20-9-7-17(8-10-20)19(12-28)13-29/h4-13,28H,14-16,29H2,1-3H3,(H,33,34)(H,30,31,32). The highest BCUT2D eigenvalue weighted by atomic mass is 16.5. The Morgan fingerprint density at radius 3 is 2.64 bits per heavy atom. The molecule has 0 atom stereocenters. The number of aromatic nitrogens is 2. The SMILES string of the molecule is CC(C)(C)NC(=O)COc1cccc(-c2nc3c(c(Nc4ccc(C(C=N)=CN)cc4)n2)COC3)c1. The Kier molecular flexibility index (Phi) is 7.30. The lowest BCUT2D eigenvalue weighted by molar-refractivity contribution is -0.124. The van der Waals surface area contributed by atoms with Gasteiger partial charge in [-0.25, -0.2) is 9.97 Å². The Morgan fingerprint density at radius 2 is 1.94 bits per heavy atom. The topological polar surface area (TPSA) is 135 Å². The van der Waals surface area contributed by atoms with E-state index in [1.807, 2.05) is 63.2 Å². The largest absolute Gasteiger partial charge is 0.484 e. The number of carbonyl (C=O) groups excluding carboxylic acids is 1. The van der Waals surface area contributed by atoms with E-state index in [0.717, 1.165) is 28.1 Å². The summed E-state index contributed by atoms with van der Waals surface area (Å²) in [6.07, 6.45) is 2.63. The van der Waals surface area contributed by atoms with Crippen LogP contribution in [0.1, 0.15) is 37.6 Å². The first-order valence-corrected chi connectivity index (χ1v) is 11.6. The van der Waals surface area contributed by atoms with Crippen LogP contribution < -0.4 is 21.1 Å². The molecule has 0 saturated heterocycles. The summed E-state index contributed by atoms with van der Waals surface area (Å²) in [4.78, 5) is 21.6. The molecule has 0 radical (unpaired) electrons. The summed E-state index contributed by atoms with van der Waals surface area (Å²) >= 11 is 0. The molecule has 36 heavy (non-hydrogen) atoms. The van der Waals surface area contributed by atoms with Crippen molar-refractivity contribution < 1.29 is 14.3 Å². The summed E-state index contributed by atoms with van der Waals surface area (Å²) in [5, 5.41) is 13.7. The lowest BCUT2D eigenvalue weighted by Crippen LogP contribution is -2.43. The van der Waals surface area contributed by atoms with Gasteiger partial charge >= 0.3 is 0 Å². The van der Waals surface area contributed by atoms with E-state index in [2.05, 4.69) is 10.6 Å². The monoisotopic (exact) mass is 486 g/mol. The molecule has 2 aromatic carbocycles. The van der Waals surface area contributed by atoms with Crippen molar-refractivity contribution in [3.63, 3.8) is 0 Å². The lowest BCUT2D eigenvalue weighted by Gasteiger charge is -2.20. The minimum Gasteiger partial charge on any atom is -0.484 e. The average Bonchev–Trinajstić information content (AvgIpc) is 3.33. The van der Waals surface area contributed by atoms with Gasteiger partial charge in [0.05, 0.1) is 18.9 Å². The molecule has 1 aliphatic rings. The Bertz CT molecular complexity index is 1300. The summed E-state index contributed by atoms with van der Waals surface area (Å²) in [7, 11) is 0. The first-order chi connectivity index (χ1) is 17.3. The lowest BCUT2D eigenvalue weighted by atomic mass is 10.1. The molecule has 3 aromatic rings. The molecular weight excluding hydrogens is 456 g/mol. The number of nitrogens with two attached hydrogens (primary N) is 1. The molecular formula is C27H30N6O3. The third kappa shape index (κ3) is 6.05. The van der Waals surface area contributed by atoms with Crippen LogP contribution in [0.4, 0.5) is 11.5 Å². The molecule has 0 unspecified atom stereocenters. The van der Waals surface area contributed by atoms with E-state index in [4.69, 9.17) is 30.6 Å². The van der Waals surface area contributed by atoms with E-state index >= 15 is 0 Å². The highest BCUT2D eigenvalue weighted by molar-refractivity contribution is 6.08. The summed E-state index contributed by atoms with van der Waals surface area (Å²) < 4.78 is 11.3. The van der Waals surface area contributed by atoms with Gasteiger partial charge in [-0.3, -0.25) is 4.79 Å². The molecule has 9 nitrogen and oxygen atoms in total. The fourth-order valence-electron chi connectivity index (χ4n) is 3.72. The third-order valence-electron chi connectivity index (χ3n) is 5.37. The van der Waals surface area contributed by atoms with Crippen molar-refractivity contribution in [1.82, 2.24) is 15.3 Å². The van der Waals surface area contributed by atoms with E-state index in [1.54, 1.807) is 6.07 Å². The molecule has 4 rings (SSSR count). The van der Waals surface area contributed by atoms with Crippen LogP contribution in [0.2, 0.25) is 0 Å². The molecule has 1 aliphatic heterocycles. The summed E-state index contributed by atoms with van der Waals surface area (Å²) in [5.74, 6) is 1.56. The molecule has 5 N–H and O–H groups in total. The molecule has 0 spiro atoms. The van der Waals surface area contributed by atoms with E-state index in [0.29, 0.717) is 36.2 Å². The van der Waals surface area contributed by atoms with Gasteiger partial charge in [-0.1, -0.05) is 24.3 Å². The zero-order valence-electron chi connectivity index (χ0n) is 20.6. The second-order valence-corrected chi connectivity index (χ2v) is 9.40. The van der Waals surface area contributed by atoms with Crippen molar-refractivity contribution in [1.29, 1.82) is 5.41 Å². The number of allylic oxidation sites excluding steroid dienone is 1. The molecule has 186 valence electrons. The number of rotatable bonds is 8. The number of ether oxygens (including phenoxy) is 2. The van der Waals surface area contributed by atoms with E-state index in [-0.39, 0.29) is 18.1 Å². The van der Waals surface area contributed by atoms with Gasteiger partial charge in [0.15, 0.2) is 12.4 Å². The quantitative estimate of drug-likeness (QED) is 0.351. The number of nitrogens with one attached hydrogen (secondary N) is 3. The van der Waals surface area contributed by atoms with Crippen LogP contribution in [0.15, 0.2) is 54.7 Å². The van der Waals surface area contributed by atoms with Crippen molar-refractivity contribution in [2.75, 3.05) is 11.9 Å². The van der Waals surface area contributed by atoms with Crippen molar-refractivity contribution in [2.45, 2.75) is 39.5 Å². The van der Waals surface area contributed by atoms with Gasteiger partial charge in [0.1, 0.15) is 11.6 Å². The van der Waals surface area contributed by atoms with E-state index < -0.39 is 0 Å². The predicted molar refractivity (Wildman–Crippen MR) is 140 cm³/mol. The van der Waals surface area contributed by atoms with Crippen molar-refractivity contribution >= 4 is 29.2 Å². The number of benzene rings is 2. The Morgan fingerprint density at radius 1 is 1.17 bits per heavy atom. The van der Waals surface area contributed by atoms with Gasteiger partial charge in [-0.15, -0.1) is 0 Å². The van der Waals surface area contributed by atoms with Gasteiger partial charge in [-0.2, -0.15) is 0 Å². The second-order valence-electron chi connectivity index (χ2n) is 9.40. The number of fused-ring (bicyclic) bond motifs is 1. The highest BCUT2D eigenvalue weighted by Crippen LogP contribution is 2.31. The maximum Gasteiger partial charge on any atom is 0.258 e. The predicted octanol–water partition coefficient (Wildman–Crippen LogP) is 4.16. The van der Waals surface area contributed by atoms with Gasteiger partial charge in [0.25, 0.3) is 5.91 Å². The summed E-state index contributed by atoms with van der Waals surface area (Å²) in [6.45, 7) is 6.52. The van der Waals surface area contributed by atoms with Crippen LogP contribution in [-0.4, -0.2) is 34.2 Å². The van der Waals surface area contributed by atoms with Crippen LogP contribution in [0.3, 0.4) is 0 Å². The Balaban J connectivity index is 1.56. The number of carbonyl (C=O) groups is 1. The van der Waals surface area contributed by atoms with Gasteiger partial charge in [0, 0.05) is 40.3 Å². The van der Waals surface area contributed by atoms with Crippen LogP contribution in [0.25, 0.3) is 17.0 Å². The summed E-state index contributed by atoms with van der Waals surface area (Å²) in [6, 6.07) is 14.9. The highest BCUT2D eigenvalue weighted by Gasteiger charge is 2.21. The minimum absolute atomic E-state index is 0.0819. The number of hydrogen-bond donors (Lipinski definition) is 4. The smallest absolute Gasteiger partial charge is 0.258 e. The second kappa shape index (κ2) is 10.6. The van der Waals surface area contributed by atoms with Crippen molar-refractivity contribution in [2.24, 2.45) is 5.73 Å². The summed E-state index contributed by atoms with van der Waals surface area (Å²) in [5.41, 5.74) is 10.1.